The molecule has 3 aliphatic heterocycles. The second kappa shape index (κ2) is 9.81. The van der Waals surface area contributed by atoms with Crippen molar-refractivity contribution in [3.63, 3.8) is 0 Å². The van der Waals surface area contributed by atoms with Gasteiger partial charge in [-0.1, -0.05) is 24.2 Å². The third kappa shape index (κ3) is 4.36. The van der Waals surface area contributed by atoms with Crippen molar-refractivity contribution in [2.24, 2.45) is 0 Å². The Morgan fingerprint density at radius 3 is 2.76 bits per heavy atom. The molecule has 0 bridgehead atoms. The first-order valence-corrected chi connectivity index (χ1v) is 12.3. The van der Waals surface area contributed by atoms with Crippen molar-refractivity contribution in [2.45, 2.75) is 19.0 Å². The number of rotatable bonds is 3. The molecule has 4 heterocycles. The topological polar surface area (TPSA) is 98.7 Å². The number of aromatic hydroxyl groups is 1. The van der Waals surface area contributed by atoms with E-state index < -0.39 is 11.9 Å². The number of pyridine rings is 1. The first kappa shape index (κ1) is 25.2. The van der Waals surface area contributed by atoms with Gasteiger partial charge in [-0.05, 0) is 25.1 Å². The smallest absolute Gasteiger partial charge is 0.261 e. The quantitative estimate of drug-likeness (QED) is 0.603. The zero-order valence-corrected chi connectivity index (χ0v) is 21.2. The molecule has 37 heavy (non-hydrogen) atoms. The second-order valence-corrected chi connectivity index (χ2v) is 9.65. The van der Waals surface area contributed by atoms with Gasteiger partial charge in [-0.2, -0.15) is 5.06 Å². The molecular weight excluding hydrogens is 505 g/mol. The molecule has 2 aromatic rings. The van der Waals surface area contributed by atoms with E-state index >= 15 is 0 Å². The number of hydrogen-bond acceptors (Lipinski definition) is 8. The van der Waals surface area contributed by atoms with Crippen LogP contribution >= 0.6 is 11.6 Å². The lowest BCUT2D eigenvalue weighted by Gasteiger charge is -2.41. The summed E-state index contributed by atoms with van der Waals surface area (Å²) in [6.45, 7) is 7.04. The van der Waals surface area contributed by atoms with E-state index in [9.17, 15) is 19.1 Å². The van der Waals surface area contributed by atoms with Crippen molar-refractivity contribution in [1.29, 1.82) is 0 Å². The Kier molecular flexibility index (Phi) is 6.69. The first-order valence-electron chi connectivity index (χ1n) is 11.9. The molecule has 5 rings (SSSR count). The number of nitrogens with zero attached hydrogens (tertiary/aromatic N) is 5. The average Bonchev–Trinajstić information content (AvgIpc) is 3.01. The minimum atomic E-state index is -0.723. The number of hydrogen-bond donors (Lipinski definition) is 1. The minimum absolute atomic E-state index is 0.0479. The summed E-state index contributed by atoms with van der Waals surface area (Å²) in [6, 6.07) is 3.33. The molecule has 0 unspecified atom stereocenters. The summed E-state index contributed by atoms with van der Waals surface area (Å²) in [5, 5.41) is 12.1. The number of anilines is 1. The summed E-state index contributed by atoms with van der Waals surface area (Å²) in [4.78, 5) is 41.6. The lowest BCUT2D eigenvalue weighted by atomic mass is 10.0. The largest absolute Gasteiger partial charge is 0.507 e. The van der Waals surface area contributed by atoms with Crippen LogP contribution in [0.3, 0.4) is 0 Å². The number of ether oxygens (including phenoxy) is 1. The molecule has 3 aliphatic rings. The Morgan fingerprint density at radius 2 is 2.05 bits per heavy atom. The molecule has 2 atom stereocenters. The number of likely N-dealkylation sites (N-methyl/N-ethyl adjacent to an activating group) is 1. The highest BCUT2D eigenvalue weighted by molar-refractivity contribution is 6.35. The van der Waals surface area contributed by atoms with E-state index in [4.69, 9.17) is 21.2 Å². The molecular formula is C25H27ClFN5O5. The van der Waals surface area contributed by atoms with Crippen molar-refractivity contribution >= 4 is 29.2 Å². The highest BCUT2D eigenvalue weighted by atomic mass is 35.5. The molecule has 1 N–H and O–H groups in total. The molecule has 10 nitrogen and oxygen atoms in total. The molecule has 0 aliphatic carbocycles. The Hall–Kier alpha value is -3.41. The van der Waals surface area contributed by atoms with Gasteiger partial charge in [0.1, 0.15) is 47.0 Å². The number of carbonyl (C=O) groups excluding carboxylic acids is 2. The molecule has 0 saturated carbocycles. The normalized spacial score (nSPS) is 22.2. The molecule has 2 saturated heterocycles. The highest BCUT2D eigenvalue weighted by Gasteiger charge is 2.41. The third-order valence-corrected chi connectivity index (χ3v) is 7.26. The van der Waals surface area contributed by atoms with Crippen LogP contribution in [0, 0.1) is 5.82 Å². The number of halogens is 2. The Balaban J connectivity index is 1.67. The number of amides is 2. The Morgan fingerprint density at radius 1 is 1.27 bits per heavy atom. The molecule has 196 valence electrons. The minimum Gasteiger partial charge on any atom is -0.507 e. The maximum Gasteiger partial charge on any atom is 0.261 e. The van der Waals surface area contributed by atoms with Crippen LogP contribution in [-0.4, -0.2) is 95.4 Å². The van der Waals surface area contributed by atoms with E-state index in [1.54, 1.807) is 26.8 Å². The summed E-state index contributed by atoms with van der Waals surface area (Å²) >= 11 is 6.74. The van der Waals surface area contributed by atoms with Crippen molar-refractivity contribution in [3.8, 4) is 22.8 Å². The number of carbonyl (C=O) groups is 2. The van der Waals surface area contributed by atoms with Gasteiger partial charge in [0, 0.05) is 39.3 Å². The van der Waals surface area contributed by atoms with Crippen LogP contribution in [0.15, 0.2) is 30.9 Å². The van der Waals surface area contributed by atoms with Gasteiger partial charge in [0.15, 0.2) is 5.75 Å². The SMILES string of the molecule is C=CC(=O)N1CCN2C(=O)c3c(N4CON(C)C[C@@H]4C)nc(-c4c(O)cccc4F)c(Cl)c3OC[C@H]2C1. The van der Waals surface area contributed by atoms with E-state index in [-0.39, 0.29) is 83.4 Å². The van der Waals surface area contributed by atoms with E-state index in [0.29, 0.717) is 13.1 Å². The summed E-state index contributed by atoms with van der Waals surface area (Å²) < 4.78 is 21.1. The van der Waals surface area contributed by atoms with E-state index in [1.807, 2.05) is 6.92 Å². The lowest BCUT2D eigenvalue weighted by Crippen LogP contribution is -2.57. The molecule has 0 radical (unpaired) electrons. The van der Waals surface area contributed by atoms with E-state index in [0.717, 1.165) is 0 Å². The Bertz CT molecular complexity index is 1260. The fourth-order valence-corrected chi connectivity index (χ4v) is 5.26. The van der Waals surface area contributed by atoms with Crippen molar-refractivity contribution in [2.75, 3.05) is 51.5 Å². The summed E-state index contributed by atoms with van der Waals surface area (Å²) in [5.74, 6) is -1.39. The number of hydroxylamine groups is 2. The number of piperazine rings is 1. The third-order valence-electron chi connectivity index (χ3n) is 6.91. The number of phenols is 1. The monoisotopic (exact) mass is 531 g/mol. The van der Waals surface area contributed by atoms with Crippen LogP contribution in [0.2, 0.25) is 5.02 Å². The maximum atomic E-state index is 14.9. The molecule has 1 aromatic carbocycles. The first-order chi connectivity index (χ1) is 17.7. The van der Waals surface area contributed by atoms with E-state index in [2.05, 4.69) is 11.6 Å². The fourth-order valence-electron chi connectivity index (χ4n) is 4.98. The van der Waals surface area contributed by atoms with Crippen LogP contribution in [0.1, 0.15) is 17.3 Å². The van der Waals surface area contributed by atoms with Gasteiger partial charge in [-0.15, -0.1) is 0 Å². The molecule has 1 aromatic heterocycles. The predicted molar refractivity (Wildman–Crippen MR) is 134 cm³/mol. The van der Waals surface area contributed by atoms with Crippen LogP contribution < -0.4 is 9.64 Å². The summed E-state index contributed by atoms with van der Waals surface area (Å²) in [6.07, 6.45) is 1.24. The second-order valence-electron chi connectivity index (χ2n) is 9.28. The van der Waals surface area contributed by atoms with E-state index in [1.165, 1.54) is 24.3 Å². The predicted octanol–water partition coefficient (Wildman–Crippen LogP) is 2.51. The molecule has 2 amide bonds. The van der Waals surface area contributed by atoms with Gasteiger partial charge < -0.3 is 24.5 Å². The summed E-state index contributed by atoms with van der Waals surface area (Å²) in [7, 11) is 1.80. The van der Waals surface area contributed by atoms with Crippen molar-refractivity contribution in [1.82, 2.24) is 19.8 Å². The van der Waals surface area contributed by atoms with Crippen molar-refractivity contribution in [3.05, 3.63) is 47.3 Å². The fraction of sp³-hybridized carbons (Fsp3) is 0.400. The molecule has 0 spiro atoms. The van der Waals surface area contributed by atoms with Gasteiger partial charge in [-0.25, -0.2) is 9.37 Å². The van der Waals surface area contributed by atoms with Gasteiger partial charge in [0.2, 0.25) is 5.91 Å². The van der Waals surface area contributed by atoms with Crippen molar-refractivity contribution < 1.29 is 28.7 Å². The van der Waals surface area contributed by atoms with Crippen LogP contribution in [0.25, 0.3) is 11.3 Å². The maximum absolute atomic E-state index is 14.9. The molecule has 12 heteroatoms. The highest BCUT2D eigenvalue weighted by Crippen LogP contribution is 2.46. The Labute approximate surface area is 218 Å². The van der Waals surface area contributed by atoms with Gasteiger partial charge in [0.25, 0.3) is 5.91 Å². The lowest BCUT2D eigenvalue weighted by molar-refractivity contribution is -0.163. The van der Waals surface area contributed by atoms with Gasteiger partial charge >= 0.3 is 0 Å². The average molecular weight is 532 g/mol. The van der Waals surface area contributed by atoms with Crippen LogP contribution in [0.5, 0.6) is 11.5 Å². The number of phenolic OH excluding ortho intramolecular Hbond substituents is 1. The van der Waals surface area contributed by atoms with Crippen LogP contribution in [0.4, 0.5) is 10.2 Å². The number of aromatic nitrogens is 1. The zero-order valence-electron chi connectivity index (χ0n) is 20.5. The molecule has 2 fully saturated rings. The zero-order chi connectivity index (χ0) is 26.4. The van der Waals surface area contributed by atoms with Gasteiger partial charge in [-0.3, -0.25) is 14.4 Å². The number of fused-ring (bicyclic) bond motifs is 2. The van der Waals surface area contributed by atoms with Crippen LogP contribution in [-0.2, 0) is 9.63 Å². The summed E-state index contributed by atoms with van der Waals surface area (Å²) in [5.41, 5.74) is -0.108. The number of benzene rings is 1. The standard InChI is InChI=1S/C25H27ClFN5O5/c1-4-18(34)30-8-9-31-15(11-30)12-36-23-20(25(31)35)24(32-13-37-29(3)10-14(32)2)28-22(21(23)26)19-16(27)6-5-7-17(19)33/h4-7,14-15,33H,1,8-13H2,2-3H3/t14-,15+/m0/s1. The van der Waals surface area contributed by atoms with Gasteiger partial charge in [0.05, 0.1) is 11.6 Å².